The van der Waals surface area contributed by atoms with Gasteiger partial charge in [0.15, 0.2) is 11.5 Å². The van der Waals surface area contributed by atoms with E-state index in [2.05, 4.69) is 4.72 Å². The van der Waals surface area contributed by atoms with Gasteiger partial charge in [0, 0.05) is 5.56 Å². The Labute approximate surface area is 134 Å². The standard InChI is InChI=1S/C12H17NO8S2/c1-18-11-9(21-23(4,16)17)5-7-8(13-22(3,14)15)6-20-10(7)12(11)19-2/h5,8,13H,6H2,1-4H3. The van der Waals surface area contributed by atoms with E-state index in [1.807, 2.05) is 0 Å². The lowest BCUT2D eigenvalue weighted by atomic mass is 10.1. The second-order valence-corrected chi connectivity index (χ2v) is 8.26. The number of hydrogen-bond acceptors (Lipinski definition) is 8. The monoisotopic (exact) mass is 367 g/mol. The number of rotatable bonds is 6. The molecule has 0 saturated heterocycles. The average molecular weight is 367 g/mol. The van der Waals surface area contributed by atoms with E-state index in [1.165, 1.54) is 20.3 Å². The molecule has 1 aliphatic heterocycles. The second kappa shape index (κ2) is 6.06. The van der Waals surface area contributed by atoms with Crippen LogP contribution in [-0.4, -0.2) is 50.2 Å². The summed E-state index contributed by atoms with van der Waals surface area (Å²) in [5, 5.41) is 0. The van der Waals surface area contributed by atoms with Crippen LogP contribution in [0.3, 0.4) is 0 Å². The van der Waals surface area contributed by atoms with Crippen molar-refractivity contribution in [3.8, 4) is 23.0 Å². The third-order valence-electron chi connectivity index (χ3n) is 2.96. The highest BCUT2D eigenvalue weighted by Gasteiger charge is 2.34. The van der Waals surface area contributed by atoms with E-state index in [0.717, 1.165) is 12.5 Å². The molecular weight excluding hydrogens is 350 g/mol. The Bertz CT molecular complexity index is 816. The van der Waals surface area contributed by atoms with Gasteiger partial charge in [-0.2, -0.15) is 8.42 Å². The summed E-state index contributed by atoms with van der Waals surface area (Å²) in [6, 6.07) is 0.662. The van der Waals surface area contributed by atoms with E-state index in [1.54, 1.807) is 0 Å². The van der Waals surface area contributed by atoms with Crippen molar-refractivity contribution in [3.05, 3.63) is 11.6 Å². The topological polar surface area (TPSA) is 117 Å². The Morgan fingerprint density at radius 1 is 1.13 bits per heavy atom. The number of fused-ring (bicyclic) bond motifs is 1. The van der Waals surface area contributed by atoms with Gasteiger partial charge in [-0.25, -0.2) is 13.1 Å². The maximum absolute atomic E-state index is 11.4. The van der Waals surface area contributed by atoms with E-state index < -0.39 is 26.2 Å². The minimum atomic E-state index is -3.82. The summed E-state index contributed by atoms with van der Waals surface area (Å²) >= 11 is 0. The minimum absolute atomic E-state index is 0.0320. The molecule has 1 atom stereocenters. The maximum atomic E-state index is 11.4. The average Bonchev–Trinajstić information content (AvgIpc) is 2.76. The molecule has 23 heavy (non-hydrogen) atoms. The van der Waals surface area contributed by atoms with Gasteiger partial charge >= 0.3 is 10.1 Å². The van der Waals surface area contributed by atoms with Gasteiger partial charge in [0.05, 0.1) is 32.8 Å². The molecule has 11 heteroatoms. The van der Waals surface area contributed by atoms with E-state index in [0.29, 0.717) is 5.56 Å². The molecule has 0 bridgehead atoms. The molecule has 1 unspecified atom stereocenters. The van der Waals surface area contributed by atoms with Gasteiger partial charge in [0.2, 0.25) is 21.5 Å². The maximum Gasteiger partial charge on any atom is 0.306 e. The molecule has 0 fully saturated rings. The fourth-order valence-corrected chi connectivity index (χ4v) is 3.40. The molecule has 0 spiro atoms. The Kier molecular flexibility index (Phi) is 4.64. The van der Waals surface area contributed by atoms with Gasteiger partial charge in [0.1, 0.15) is 6.61 Å². The number of hydrogen-bond donors (Lipinski definition) is 1. The molecule has 1 heterocycles. The van der Waals surface area contributed by atoms with Gasteiger partial charge < -0.3 is 18.4 Å². The summed E-state index contributed by atoms with van der Waals surface area (Å²) in [7, 11) is -4.64. The van der Waals surface area contributed by atoms with Crippen molar-refractivity contribution in [2.24, 2.45) is 0 Å². The number of nitrogens with one attached hydrogen (secondary N) is 1. The van der Waals surface area contributed by atoms with Crippen molar-refractivity contribution in [2.45, 2.75) is 6.04 Å². The number of sulfonamides is 1. The highest BCUT2D eigenvalue weighted by Crippen LogP contribution is 2.51. The van der Waals surface area contributed by atoms with Crippen LogP contribution in [0.1, 0.15) is 11.6 Å². The summed E-state index contributed by atoms with van der Waals surface area (Å²) in [6.07, 6.45) is 1.90. The van der Waals surface area contributed by atoms with Crippen LogP contribution in [-0.2, 0) is 20.1 Å². The minimum Gasteiger partial charge on any atom is -0.490 e. The summed E-state index contributed by atoms with van der Waals surface area (Å²) in [5.74, 6) is 0.320. The van der Waals surface area contributed by atoms with Crippen LogP contribution >= 0.6 is 0 Å². The van der Waals surface area contributed by atoms with Gasteiger partial charge in [-0.05, 0) is 6.07 Å². The Morgan fingerprint density at radius 2 is 1.74 bits per heavy atom. The molecule has 0 aliphatic carbocycles. The largest absolute Gasteiger partial charge is 0.490 e. The molecule has 0 saturated carbocycles. The van der Waals surface area contributed by atoms with Crippen molar-refractivity contribution in [1.82, 2.24) is 4.72 Å². The summed E-state index contributed by atoms with van der Waals surface area (Å²) < 4.78 is 68.8. The second-order valence-electron chi connectivity index (χ2n) is 4.90. The van der Waals surface area contributed by atoms with E-state index >= 15 is 0 Å². The van der Waals surface area contributed by atoms with Gasteiger partial charge in [-0.3, -0.25) is 0 Å². The normalized spacial score (nSPS) is 17.3. The van der Waals surface area contributed by atoms with Crippen LogP contribution in [0.4, 0.5) is 0 Å². The van der Waals surface area contributed by atoms with Crippen LogP contribution < -0.4 is 23.1 Å². The molecule has 130 valence electrons. The molecule has 1 aliphatic rings. The van der Waals surface area contributed by atoms with Gasteiger partial charge in [-0.15, -0.1) is 0 Å². The Morgan fingerprint density at radius 3 is 2.22 bits per heavy atom. The molecule has 1 N–H and O–H groups in total. The zero-order valence-electron chi connectivity index (χ0n) is 12.9. The predicted octanol–water partition coefficient (Wildman–Crippen LogP) is 0.0249. The summed E-state index contributed by atoms with van der Waals surface area (Å²) in [5.41, 5.74) is 0.395. The van der Waals surface area contributed by atoms with E-state index in [9.17, 15) is 16.8 Å². The van der Waals surface area contributed by atoms with Crippen molar-refractivity contribution in [3.63, 3.8) is 0 Å². The fraction of sp³-hybridized carbons (Fsp3) is 0.500. The highest BCUT2D eigenvalue weighted by atomic mass is 32.2. The van der Waals surface area contributed by atoms with Crippen LogP contribution in [0.15, 0.2) is 6.07 Å². The van der Waals surface area contributed by atoms with E-state index in [4.69, 9.17) is 18.4 Å². The number of benzene rings is 1. The highest BCUT2D eigenvalue weighted by molar-refractivity contribution is 7.88. The van der Waals surface area contributed by atoms with Crippen LogP contribution in [0.5, 0.6) is 23.0 Å². The first-order chi connectivity index (χ1) is 10.6. The quantitative estimate of drug-likeness (QED) is 0.700. The summed E-state index contributed by atoms with van der Waals surface area (Å²) in [6.45, 7) is 0.0320. The lowest BCUT2D eigenvalue weighted by molar-refractivity contribution is 0.293. The number of ether oxygens (including phenoxy) is 3. The van der Waals surface area contributed by atoms with E-state index in [-0.39, 0.29) is 29.6 Å². The van der Waals surface area contributed by atoms with Crippen LogP contribution in [0.2, 0.25) is 0 Å². The Balaban J connectivity index is 2.60. The van der Waals surface area contributed by atoms with Gasteiger partial charge in [0.25, 0.3) is 0 Å². The SMILES string of the molecule is COc1c(OS(C)(=O)=O)cc2c(c1OC)OCC2NS(C)(=O)=O. The first kappa shape index (κ1) is 17.6. The third kappa shape index (κ3) is 3.98. The van der Waals surface area contributed by atoms with Crippen LogP contribution in [0, 0.1) is 0 Å². The molecular formula is C12H17NO8S2. The van der Waals surface area contributed by atoms with Crippen molar-refractivity contribution in [2.75, 3.05) is 33.3 Å². The van der Waals surface area contributed by atoms with Gasteiger partial charge in [-0.1, -0.05) is 0 Å². The van der Waals surface area contributed by atoms with Crippen LogP contribution in [0.25, 0.3) is 0 Å². The van der Waals surface area contributed by atoms with Crippen molar-refractivity contribution < 1.29 is 35.2 Å². The number of methoxy groups -OCH3 is 2. The lowest BCUT2D eigenvalue weighted by Gasteiger charge is -2.16. The molecule has 0 radical (unpaired) electrons. The molecule has 1 aromatic rings. The predicted molar refractivity (Wildman–Crippen MR) is 81.2 cm³/mol. The third-order valence-corrected chi connectivity index (χ3v) is 4.16. The zero-order valence-corrected chi connectivity index (χ0v) is 14.6. The van der Waals surface area contributed by atoms with Crippen molar-refractivity contribution in [1.29, 1.82) is 0 Å². The lowest BCUT2D eigenvalue weighted by Crippen LogP contribution is -2.28. The first-order valence-electron chi connectivity index (χ1n) is 6.34. The molecule has 2 rings (SSSR count). The molecule has 0 aromatic heterocycles. The van der Waals surface area contributed by atoms with Crippen molar-refractivity contribution >= 4 is 20.1 Å². The Hall–Kier alpha value is -1.72. The molecule has 0 amide bonds. The summed E-state index contributed by atoms with van der Waals surface area (Å²) in [4.78, 5) is 0. The first-order valence-corrected chi connectivity index (χ1v) is 10.0. The molecule has 9 nitrogen and oxygen atoms in total. The smallest absolute Gasteiger partial charge is 0.306 e. The zero-order chi connectivity index (χ0) is 17.4. The molecule has 1 aromatic carbocycles. The fourth-order valence-electron chi connectivity index (χ4n) is 2.24.